The molecule has 0 saturated heterocycles. The van der Waals surface area contributed by atoms with Crippen LogP contribution in [0.2, 0.25) is 0 Å². The summed E-state index contributed by atoms with van der Waals surface area (Å²) in [6, 6.07) is 8.74. The Kier molecular flexibility index (Phi) is 3.39. The van der Waals surface area contributed by atoms with Crippen molar-refractivity contribution in [1.82, 2.24) is 5.32 Å². The van der Waals surface area contributed by atoms with Gasteiger partial charge in [-0.25, -0.2) is 0 Å². The quantitative estimate of drug-likeness (QED) is 0.789. The van der Waals surface area contributed by atoms with Gasteiger partial charge in [0, 0.05) is 12.6 Å². The molecule has 0 aliphatic heterocycles. The second-order valence-electron chi connectivity index (χ2n) is 4.46. The van der Waals surface area contributed by atoms with Gasteiger partial charge in [0.15, 0.2) is 0 Å². The topological polar surface area (TPSA) is 32.3 Å². The Hall–Kier alpha value is -0.860. The van der Waals surface area contributed by atoms with Crippen molar-refractivity contribution in [1.29, 1.82) is 0 Å². The van der Waals surface area contributed by atoms with E-state index >= 15 is 0 Å². The molecule has 1 fully saturated rings. The van der Waals surface area contributed by atoms with Gasteiger partial charge in [-0.3, -0.25) is 0 Å². The zero-order chi connectivity index (χ0) is 10.7. The summed E-state index contributed by atoms with van der Waals surface area (Å²) in [6.45, 7) is 2.73. The lowest BCUT2D eigenvalue weighted by Gasteiger charge is -2.27. The van der Waals surface area contributed by atoms with Crippen LogP contribution in [0.3, 0.4) is 0 Å². The van der Waals surface area contributed by atoms with Crippen LogP contribution in [-0.4, -0.2) is 17.7 Å². The summed E-state index contributed by atoms with van der Waals surface area (Å²) < 4.78 is 0. The lowest BCUT2D eigenvalue weighted by atomic mass is 9.93. The van der Waals surface area contributed by atoms with Crippen LogP contribution in [0.4, 0.5) is 0 Å². The van der Waals surface area contributed by atoms with Gasteiger partial charge in [-0.05, 0) is 25.3 Å². The second kappa shape index (κ2) is 4.77. The van der Waals surface area contributed by atoms with Gasteiger partial charge >= 0.3 is 0 Å². The number of benzene rings is 1. The van der Waals surface area contributed by atoms with E-state index in [-0.39, 0.29) is 6.10 Å². The first-order chi connectivity index (χ1) is 7.25. The van der Waals surface area contributed by atoms with Gasteiger partial charge in [-0.1, -0.05) is 36.2 Å². The van der Waals surface area contributed by atoms with Gasteiger partial charge in [0.2, 0.25) is 0 Å². The van der Waals surface area contributed by atoms with Crippen molar-refractivity contribution in [3.8, 4) is 0 Å². The minimum Gasteiger partial charge on any atom is -0.387 e. The minimum atomic E-state index is -0.369. The predicted octanol–water partition coefficient (Wildman–Crippen LogP) is 2.17. The highest BCUT2D eigenvalue weighted by molar-refractivity contribution is 5.23. The van der Waals surface area contributed by atoms with Gasteiger partial charge < -0.3 is 10.4 Å². The first kappa shape index (κ1) is 10.7. The fourth-order valence-electron chi connectivity index (χ4n) is 1.80. The maximum absolute atomic E-state index is 9.92. The van der Waals surface area contributed by atoms with Crippen LogP contribution in [0, 0.1) is 6.92 Å². The van der Waals surface area contributed by atoms with Crippen molar-refractivity contribution >= 4 is 0 Å². The molecule has 0 aromatic heterocycles. The molecule has 1 aliphatic carbocycles. The lowest BCUT2D eigenvalue weighted by Crippen LogP contribution is -2.37. The Labute approximate surface area is 91.3 Å². The molecule has 1 aromatic rings. The van der Waals surface area contributed by atoms with Gasteiger partial charge in [0.05, 0.1) is 6.10 Å². The molecule has 2 rings (SSSR count). The molecule has 1 atom stereocenters. The molecule has 15 heavy (non-hydrogen) atoms. The van der Waals surface area contributed by atoms with Crippen molar-refractivity contribution in [3.63, 3.8) is 0 Å². The molecule has 2 heteroatoms. The molecule has 1 aliphatic rings. The highest BCUT2D eigenvalue weighted by atomic mass is 16.3. The Bertz CT molecular complexity index is 303. The normalized spacial score (nSPS) is 18.5. The third-order valence-electron chi connectivity index (χ3n) is 3.17. The number of hydrogen-bond acceptors (Lipinski definition) is 2. The number of rotatable bonds is 4. The van der Waals surface area contributed by atoms with Crippen molar-refractivity contribution in [2.24, 2.45) is 0 Å². The van der Waals surface area contributed by atoms with E-state index in [1.54, 1.807) is 0 Å². The molecule has 0 amide bonds. The summed E-state index contributed by atoms with van der Waals surface area (Å²) in [7, 11) is 0. The third kappa shape index (κ3) is 2.80. The van der Waals surface area contributed by atoms with Gasteiger partial charge in [-0.2, -0.15) is 0 Å². The van der Waals surface area contributed by atoms with Crippen LogP contribution in [0.5, 0.6) is 0 Å². The van der Waals surface area contributed by atoms with E-state index in [4.69, 9.17) is 0 Å². The van der Waals surface area contributed by atoms with Crippen LogP contribution in [0.25, 0.3) is 0 Å². The minimum absolute atomic E-state index is 0.369. The average Bonchev–Trinajstić information content (AvgIpc) is 2.16. The van der Waals surface area contributed by atoms with Crippen LogP contribution in [-0.2, 0) is 0 Å². The maximum Gasteiger partial charge on any atom is 0.0914 e. The van der Waals surface area contributed by atoms with E-state index < -0.39 is 0 Å². The highest BCUT2D eigenvalue weighted by Crippen LogP contribution is 2.19. The van der Waals surface area contributed by atoms with E-state index in [0.717, 1.165) is 5.56 Å². The van der Waals surface area contributed by atoms with E-state index in [1.165, 1.54) is 24.8 Å². The van der Waals surface area contributed by atoms with Crippen LogP contribution in [0.15, 0.2) is 24.3 Å². The first-order valence-electron chi connectivity index (χ1n) is 5.74. The zero-order valence-corrected chi connectivity index (χ0v) is 9.24. The van der Waals surface area contributed by atoms with Crippen LogP contribution >= 0.6 is 0 Å². The van der Waals surface area contributed by atoms with Crippen LogP contribution in [0.1, 0.15) is 36.5 Å². The highest BCUT2D eigenvalue weighted by Gasteiger charge is 2.17. The molecule has 2 N–H and O–H groups in total. The third-order valence-corrected chi connectivity index (χ3v) is 3.17. The number of aryl methyl sites for hydroxylation is 1. The SMILES string of the molecule is Cc1ccc(C(O)CNC2CCC2)cc1. The number of aliphatic hydroxyl groups is 1. The monoisotopic (exact) mass is 205 g/mol. The van der Waals surface area contributed by atoms with Crippen molar-refractivity contribution in [3.05, 3.63) is 35.4 Å². The zero-order valence-electron chi connectivity index (χ0n) is 9.24. The summed E-state index contributed by atoms with van der Waals surface area (Å²) in [5.74, 6) is 0. The van der Waals surface area contributed by atoms with Gasteiger partial charge in [0.1, 0.15) is 0 Å². The fourth-order valence-corrected chi connectivity index (χ4v) is 1.80. The molecule has 0 spiro atoms. The summed E-state index contributed by atoms with van der Waals surface area (Å²) in [5.41, 5.74) is 2.24. The molecular formula is C13H19NO. The smallest absolute Gasteiger partial charge is 0.0914 e. The second-order valence-corrected chi connectivity index (χ2v) is 4.46. The first-order valence-corrected chi connectivity index (χ1v) is 5.74. The number of hydrogen-bond donors (Lipinski definition) is 2. The molecular weight excluding hydrogens is 186 g/mol. The van der Waals surface area contributed by atoms with E-state index in [2.05, 4.69) is 12.2 Å². The Morgan fingerprint density at radius 1 is 1.33 bits per heavy atom. The van der Waals surface area contributed by atoms with E-state index in [9.17, 15) is 5.11 Å². The fraction of sp³-hybridized carbons (Fsp3) is 0.538. The number of aliphatic hydroxyl groups excluding tert-OH is 1. The summed E-state index contributed by atoms with van der Waals surface area (Å²) in [4.78, 5) is 0. The molecule has 0 heterocycles. The van der Waals surface area contributed by atoms with Crippen molar-refractivity contribution in [2.75, 3.05) is 6.54 Å². The van der Waals surface area contributed by atoms with Gasteiger partial charge in [-0.15, -0.1) is 0 Å². The number of nitrogens with one attached hydrogen (secondary N) is 1. The van der Waals surface area contributed by atoms with E-state index in [0.29, 0.717) is 12.6 Å². The molecule has 0 bridgehead atoms. The maximum atomic E-state index is 9.92. The standard InChI is InChI=1S/C13H19NO/c1-10-5-7-11(8-6-10)13(15)9-14-12-3-2-4-12/h5-8,12-15H,2-4,9H2,1H3. The van der Waals surface area contributed by atoms with E-state index in [1.807, 2.05) is 24.3 Å². The van der Waals surface area contributed by atoms with Crippen molar-refractivity contribution < 1.29 is 5.11 Å². The predicted molar refractivity (Wildman–Crippen MR) is 61.8 cm³/mol. The molecule has 2 nitrogen and oxygen atoms in total. The molecule has 82 valence electrons. The average molecular weight is 205 g/mol. The Balaban J connectivity index is 1.83. The molecule has 0 radical (unpaired) electrons. The molecule has 1 saturated carbocycles. The summed E-state index contributed by atoms with van der Waals surface area (Å²) >= 11 is 0. The molecule has 1 unspecified atom stereocenters. The van der Waals surface area contributed by atoms with Crippen LogP contribution < -0.4 is 5.32 Å². The lowest BCUT2D eigenvalue weighted by molar-refractivity contribution is 0.161. The Morgan fingerprint density at radius 3 is 2.53 bits per heavy atom. The largest absolute Gasteiger partial charge is 0.387 e. The van der Waals surface area contributed by atoms with Crippen molar-refractivity contribution in [2.45, 2.75) is 38.3 Å². The summed E-state index contributed by atoms with van der Waals surface area (Å²) in [6.07, 6.45) is 3.49. The molecule has 1 aromatic carbocycles. The Morgan fingerprint density at radius 2 is 2.00 bits per heavy atom. The van der Waals surface area contributed by atoms with Gasteiger partial charge in [0.25, 0.3) is 0 Å². The summed E-state index contributed by atoms with van der Waals surface area (Å²) in [5, 5.41) is 13.3.